The van der Waals surface area contributed by atoms with E-state index in [1.54, 1.807) is 18.2 Å². The summed E-state index contributed by atoms with van der Waals surface area (Å²) in [6.07, 6.45) is 0.0154. The number of hydrogen-bond donors (Lipinski definition) is 1. The molecule has 0 bridgehead atoms. The number of aliphatic carboxylic acids is 1. The van der Waals surface area contributed by atoms with Crippen molar-refractivity contribution in [2.45, 2.75) is 6.42 Å². The quantitative estimate of drug-likeness (QED) is 0.821. The Kier molecular flexibility index (Phi) is 3.27. The highest BCUT2D eigenvalue weighted by molar-refractivity contribution is 5.99. The number of rotatable bonds is 4. The fourth-order valence-corrected chi connectivity index (χ4v) is 1.51. The van der Waals surface area contributed by atoms with Gasteiger partial charge in [-0.1, -0.05) is 6.07 Å². The zero-order chi connectivity index (χ0) is 13.1. The van der Waals surface area contributed by atoms with Gasteiger partial charge in [0, 0.05) is 6.42 Å². The molecule has 1 aliphatic heterocycles. The molecule has 0 saturated heterocycles. The summed E-state index contributed by atoms with van der Waals surface area (Å²) in [5.74, 6) is -2.61. The van der Waals surface area contributed by atoms with Gasteiger partial charge in [0.05, 0.1) is 6.08 Å². The van der Waals surface area contributed by atoms with Crippen molar-refractivity contribution in [2.75, 3.05) is 6.79 Å². The van der Waals surface area contributed by atoms with Gasteiger partial charge in [-0.25, -0.2) is 9.18 Å². The lowest BCUT2D eigenvalue weighted by Gasteiger charge is -2.01. The molecular weight excluding hydrogens is 243 g/mol. The summed E-state index contributed by atoms with van der Waals surface area (Å²) in [4.78, 5) is 21.6. The average molecular weight is 252 g/mol. The minimum Gasteiger partial charge on any atom is -0.478 e. The first-order chi connectivity index (χ1) is 8.56. The molecule has 5 nitrogen and oxygen atoms in total. The number of ketones is 1. The molecule has 0 amide bonds. The molecule has 1 aromatic carbocycles. The molecule has 0 fully saturated rings. The standard InChI is InChI=1S/C12H9FO5/c13-8(5-12(15)16)9(14)3-7-1-2-10-11(4-7)18-6-17-10/h1-2,4-5H,3,6H2,(H,15,16)/b8-5-. The molecule has 0 saturated carbocycles. The third-order valence-electron chi connectivity index (χ3n) is 2.32. The minimum absolute atomic E-state index is 0.111. The molecule has 2 rings (SSSR count). The Morgan fingerprint density at radius 2 is 2.06 bits per heavy atom. The number of ether oxygens (including phenoxy) is 2. The van der Waals surface area contributed by atoms with Gasteiger partial charge in [0.1, 0.15) is 0 Å². The summed E-state index contributed by atoms with van der Waals surface area (Å²) in [6, 6.07) is 4.78. The van der Waals surface area contributed by atoms with Gasteiger partial charge >= 0.3 is 5.97 Å². The van der Waals surface area contributed by atoms with Gasteiger partial charge in [0.15, 0.2) is 23.1 Å². The Labute approximate surface area is 101 Å². The summed E-state index contributed by atoms with van der Waals surface area (Å²) in [5, 5.41) is 8.32. The number of carboxylic acid groups (broad SMARTS) is 1. The monoisotopic (exact) mass is 252 g/mol. The summed E-state index contributed by atoms with van der Waals surface area (Å²) >= 11 is 0. The maximum atomic E-state index is 13.1. The number of allylic oxidation sites excluding steroid dienone is 1. The highest BCUT2D eigenvalue weighted by Crippen LogP contribution is 2.32. The van der Waals surface area contributed by atoms with Gasteiger partial charge in [-0.2, -0.15) is 0 Å². The van der Waals surface area contributed by atoms with Crippen molar-refractivity contribution in [2.24, 2.45) is 0 Å². The zero-order valence-electron chi connectivity index (χ0n) is 9.18. The number of fused-ring (bicyclic) bond motifs is 1. The van der Waals surface area contributed by atoms with E-state index in [2.05, 4.69) is 0 Å². The van der Waals surface area contributed by atoms with Crippen LogP contribution in [0.15, 0.2) is 30.1 Å². The van der Waals surface area contributed by atoms with E-state index >= 15 is 0 Å². The van der Waals surface area contributed by atoms with Crippen molar-refractivity contribution in [1.82, 2.24) is 0 Å². The second kappa shape index (κ2) is 4.87. The topological polar surface area (TPSA) is 72.8 Å². The van der Waals surface area contributed by atoms with Crippen LogP contribution in [0, 0.1) is 0 Å². The second-order valence-electron chi connectivity index (χ2n) is 3.62. The molecule has 94 valence electrons. The minimum atomic E-state index is -1.49. The molecule has 1 heterocycles. The predicted molar refractivity (Wildman–Crippen MR) is 58.1 cm³/mol. The van der Waals surface area contributed by atoms with Gasteiger partial charge in [-0.05, 0) is 17.7 Å². The average Bonchev–Trinajstić information content (AvgIpc) is 2.75. The van der Waals surface area contributed by atoms with Crippen molar-refractivity contribution in [3.05, 3.63) is 35.7 Å². The van der Waals surface area contributed by atoms with Crippen LogP contribution in [-0.2, 0) is 16.0 Å². The lowest BCUT2D eigenvalue weighted by Crippen LogP contribution is -2.05. The van der Waals surface area contributed by atoms with Crippen molar-refractivity contribution >= 4 is 11.8 Å². The van der Waals surface area contributed by atoms with Crippen molar-refractivity contribution in [1.29, 1.82) is 0 Å². The van der Waals surface area contributed by atoms with Crippen molar-refractivity contribution in [3.63, 3.8) is 0 Å². The smallest absolute Gasteiger partial charge is 0.331 e. The molecule has 18 heavy (non-hydrogen) atoms. The summed E-state index contributed by atoms with van der Waals surface area (Å²) in [5.41, 5.74) is 0.526. The molecule has 0 aromatic heterocycles. The third-order valence-corrected chi connectivity index (χ3v) is 2.32. The van der Waals surface area contributed by atoms with Gasteiger partial charge in [0.25, 0.3) is 0 Å². The van der Waals surface area contributed by atoms with Crippen LogP contribution in [0.4, 0.5) is 4.39 Å². The molecular formula is C12H9FO5. The van der Waals surface area contributed by atoms with Crippen LogP contribution in [0.3, 0.4) is 0 Å². The number of halogens is 1. The molecule has 0 aliphatic carbocycles. The van der Waals surface area contributed by atoms with Crippen LogP contribution in [0.5, 0.6) is 11.5 Å². The van der Waals surface area contributed by atoms with Crippen LogP contribution >= 0.6 is 0 Å². The van der Waals surface area contributed by atoms with Crippen LogP contribution in [-0.4, -0.2) is 23.7 Å². The summed E-state index contributed by atoms with van der Waals surface area (Å²) in [7, 11) is 0. The number of carbonyl (C=O) groups is 2. The number of carbonyl (C=O) groups excluding carboxylic acids is 1. The molecule has 0 spiro atoms. The van der Waals surface area contributed by atoms with E-state index in [-0.39, 0.29) is 19.3 Å². The summed E-state index contributed by atoms with van der Waals surface area (Å²) in [6.45, 7) is 0.111. The predicted octanol–water partition coefficient (Wildman–Crippen LogP) is 1.46. The van der Waals surface area contributed by atoms with E-state index < -0.39 is 17.6 Å². The Morgan fingerprint density at radius 1 is 1.33 bits per heavy atom. The maximum Gasteiger partial charge on any atom is 0.331 e. The first kappa shape index (κ1) is 12.1. The lowest BCUT2D eigenvalue weighted by molar-refractivity contribution is -0.132. The zero-order valence-corrected chi connectivity index (χ0v) is 9.18. The van der Waals surface area contributed by atoms with Crippen LogP contribution < -0.4 is 9.47 Å². The Morgan fingerprint density at radius 3 is 2.78 bits per heavy atom. The van der Waals surface area contributed by atoms with Crippen LogP contribution in [0.25, 0.3) is 0 Å². The Hall–Kier alpha value is -2.37. The highest BCUT2D eigenvalue weighted by atomic mass is 19.1. The molecule has 0 unspecified atom stereocenters. The van der Waals surface area contributed by atoms with Crippen LogP contribution in [0.1, 0.15) is 5.56 Å². The number of hydrogen-bond acceptors (Lipinski definition) is 4. The van der Waals surface area contributed by atoms with Crippen LogP contribution in [0.2, 0.25) is 0 Å². The third kappa shape index (κ3) is 2.65. The van der Waals surface area contributed by atoms with E-state index in [0.29, 0.717) is 17.1 Å². The number of Topliss-reactive ketones (excluding diaryl/α,β-unsaturated/α-hetero) is 1. The Bertz CT molecular complexity index is 535. The van der Waals surface area contributed by atoms with Crippen molar-refractivity contribution in [3.8, 4) is 11.5 Å². The normalized spacial score (nSPS) is 13.5. The molecule has 0 atom stereocenters. The fourth-order valence-electron chi connectivity index (χ4n) is 1.51. The van der Waals surface area contributed by atoms with E-state index in [9.17, 15) is 14.0 Å². The number of benzene rings is 1. The fraction of sp³-hybridized carbons (Fsp3) is 0.167. The van der Waals surface area contributed by atoms with Crippen molar-refractivity contribution < 1.29 is 28.6 Å². The van der Waals surface area contributed by atoms with E-state index in [0.717, 1.165) is 0 Å². The molecule has 0 radical (unpaired) electrons. The molecule has 1 aliphatic rings. The first-order valence-electron chi connectivity index (χ1n) is 5.08. The second-order valence-corrected chi connectivity index (χ2v) is 3.62. The molecule has 6 heteroatoms. The van der Waals surface area contributed by atoms with E-state index in [1.807, 2.05) is 0 Å². The van der Waals surface area contributed by atoms with Gasteiger partial charge in [-0.15, -0.1) is 0 Å². The summed E-state index contributed by atoms with van der Waals surface area (Å²) < 4.78 is 23.3. The molecule has 1 N–H and O–H groups in total. The largest absolute Gasteiger partial charge is 0.478 e. The van der Waals surface area contributed by atoms with E-state index in [4.69, 9.17) is 14.6 Å². The van der Waals surface area contributed by atoms with E-state index in [1.165, 1.54) is 0 Å². The Balaban J connectivity index is 2.10. The van der Waals surface area contributed by atoms with Gasteiger partial charge in [0.2, 0.25) is 6.79 Å². The maximum absolute atomic E-state index is 13.1. The lowest BCUT2D eigenvalue weighted by atomic mass is 10.1. The molecule has 1 aromatic rings. The highest BCUT2D eigenvalue weighted by Gasteiger charge is 2.16. The van der Waals surface area contributed by atoms with Gasteiger partial charge in [-0.3, -0.25) is 4.79 Å². The SMILES string of the molecule is O=C(O)/C=C(\F)C(=O)Cc1ccc2c(c1)OCO2. The number of carboxylic acids is 1. The first-order valence-corrected chi connectivity index (χ1v) is 5.08. The van der Waals surface area contributed by atoms with Gasteiger partial charge < -0.3 is 14.6 Å².